The maximum absolute atomic E-state index is 9.77. The molecule has 4 aromatic carbocycles. The Labute approximate surface area is 220 Å². The van der Waals surface area contributed by atoms with Crippen LogP contribution in [-0.4, -0.2) is 17.0 Å². The van der Waals surface area contributed by atoms with Crippen LogP contribution in [0.1, 0.15) is 54.9 Å². The Kier molecular flexibility index (Phi) is 9.45. The summed E-state index contributed by atoms with van der Waals surface area (Å²) in [5.74, 6) is 0. The Hall–Kier alpha value is -3.95. The van der Waals surface area contributed by atoms with Gasteiger partial charge in [-0.25, -0.2) is 0 Å². The Morgan fingerprint density at radius 3 is 1.62 bits per heavy atom. The number of unbranched alkanes of at least 4 members (excludes halogenated alkanes) is 2. The summed E-state index contributed by atoms with van der Waals surface area (Å²) in [6.45, 7) is 2.21. The van der Waals surface area contributed by atoms with Gasteiger partial charge in [-0.1, -0.05) is 159 Å². The molecule has 0 saturated carbocycles. The topological polar surface area (TPSA) is 41.8 Å². The summed E-state index contributed by atoms with van der Waals surface area (Å²) in [4.78, 5) is 0. The largest absolute Gasteiger partial charge is 0.410 e. The van der Waals surface area contributed by atoms with Gasteiger partial charge in [0.2, 0.25) is 0 Å². The maximum atomic E-state index is 9.77. The Morgan fingerprint density at radius 1 is 0.730 bits per heavy atom. The SMILES string of the molecule is CCCCCC(/C=C/C(=N/O)c1ccccc1)OC(c1ccccc1)(c1ccccc1)c1ccccc1. The first-order valence-corrected chi connectivity index (χ1v) is 13.1. The highest BCUT2D eigenvalue weighted by Gasteiger charge is 2.39. The normalized spacial score (nSPS) is 13.1. The fourth-order valence-corrected chi connectivity index (χ4v) is 4.73. The van der Waals surface area contributed by atoms with Gasteiger partial charge in [0.15, 0.2) is 0 Å². The van der Waals surface area contributed by atoms with E-state index in [0.717, 1.165) is 47.9 Å². The first kappa shape index (κ1) is 26.1. The summed E-state index contributed by atoms with van der Waals surface area (Å²) >= 11 is 0. The van der Waals surface area contributed by atoms with Gasteiger partial charge in [0, 0.05) is 5.56 Å². The number of rotatable bonds is 12. The van der Waals surface area contributed by atoms with Gasteiger partial charge < -0.3 is 9.94 Å². The number of oxime groups is 1. The molecule has 0 heterocycles. The molecule has 3 heteroatoms. The van der Waals surface area contributed by atoms with Crippen LogP contribution in [0.25, 0.3) is 0 Å². The third-order valence-electron chi connectivity index (χ3n) is 6.61. The molecule has 0 saturated heterocycles. The van der Waals surface area contributed by atoms with Crippen LogP contribution < -0.4 is 0 Å². The highest BCUT2D eigenvalue weighted by atomic mass is 16.5. The Morgan fingerprint density at radius 2 is 1.19 bits per heavy atom. The molecule has 4 rings (SSSR count). The fraction of sp³-hybridized carbons (Fsp3) is 0.206. The molecular weight excluding hydrogens is 454 g/mol. The predicted octanol–water partition coefficient (Wildman–Crippen LogP) is 8.38. The molecule has 0 amide bonds. The van der Waals surface area contributed by atoms with E-state index >= 15 is 0 Å². The van der Waals surface area contributed by atoms with Crippen molar-refractivity contribution in [3.8, 4) is 0 Å². The van der Waals surface area contributed by atoms with E-state index in [-0.39, 0.29) is 6.10 Å². The lowest BCUT2D eigenvalue weighted by Crippen LogP contribution is -2.36. The van der Waals surface area contributed by atoms with Crippen molar-refractivity contribution in [1.29, 1.82) is 0 Å². The van der Waals surface area contributed by atoms with Gasteiger partial charge in [-0.05, 0) is 29.2 Å². The van der Waals surface area contributed by atoms with Crippen molar-refractivity contribution in [2.75, 3.05) is 0 Å². The Bertz CT molecular complexity index is 1160. The number of ether oxygens (including phenoxy) is 1. The van der Waals surface area contributed by atoms with E-state index in [0.29, 0.717) is 5.71 Å². The van der Waals surface area contributed by atoms with E-state index in [2.05, 4.69) is 84.9 Å². The molecule has 37 heavy (non-hydrogen) atoms. The second kappa shape index (κ2) is 13.4. The number of hydrogen-bond donors (Lipinski definition) is 1. The van der Waals surface area contributed by atoms with E-state index in [4.69, 9.17) is 4.74 Å². The van der Waals surface area contributed by atoms with Gasteiger partial charge >= 0.3 is 0 Å². The summed E-state index contributed by atoms with van der Waals surface area (Å²) < 4.78 is 7.25. The van der Waals surface area contributed by atoms with E-state index in [9.17, 15) is 5.21 Å². The first-order valence-electron chi connectivity index (χ1n) is 13.1. The average molecular weight is 490 g/mol. The number of nitrogens with zero attached hydrogens (tertiary/aromatic N) is 1. The van der Waals surface area contributed by atoms with Crippen molar-refractivity contribution in [3.05, 3.63) is 156 Å². The molecule has 0 aliphatic heterocycles. The zero-order chi connectivity index (χ0) is 25.8. The van der Waals surface area contributed by atoms with Crippen molar-refractivity contribution in [2.45, 2.75) is 44.3 Å². The van der Waals surface area contributed by atoms with E-state index in [1.54, 1.807) is 0 Å². The van der Waals surface area contributed by atoms with Crippen molar-refractivity contribution in [1.82, 2.24) is 0 Å². The zero-order valence-corrected chi connectivity index (χ0v) is 21.4. The second-order valence-corrected chi connectivity index (χ2v) is 9.14. The summed E-state index contributed by atoms with van der Waals surface area (Å²) in [7, 11) is 0. The molecule has 1 N–H and O–H groups in total. The van der Waals surface area contributed by atoms with Crippen LogP contribution in [0, 0.1) is 0 Å². The smallest absolute Gasteiger partial charge is 0.144 e. The summed E-state index contributed by atoms with van der Waals surface area (Å²) in [5, 5.41) is 13.3. The van der Waals surface area contributed by atoms with Crippen LogP contribution in [-0.2, 0) is 10.3 Å². The zero-order valence-electron chi connectivity index (χ0n) is 21.4. The summed E-state index contributed by atoms with van der Waals surface area (Å²) in [6.07, 6.45) is 7.85. The Balaban J connectivity index is 1.82. The van der Waals surface area contributed by atoms with E-state index < -0.39 is 5.60 Å². The molecular formula is C34H35NO2. The van der Waals surface area contributed by atoms with Crippen LogP contribution in [0.15, 0.2) is 139 Å². The van der Waals surface area contributed by atoms with Gasteiger partial charge in [-0.15, -0.1) is 0 Å². The molecule has 0 aliphatic rings. The predicted molar refractivity (Wildman–Crippen MR) is 152 cm³/mol. The average Bonchev–Trinajstić information content (AvgIpc) is 2.98. The highest BCUT2D eigenvalue weighted by molar-refractivity contribution is 6.08. The quantitative estimate of drug-likeness (QED) is 0.0714. The van der Waals surface area contributed by atoms with Gasteiger partial charge in [-0.3, -0.25) is 0 Å². The van der Waals surface area contributed by atoms with Crippen molar-refractivity contribution in [2.24, 2.45) is 5.16 Å². The molecule has 0 aromatic heterocycles. The molecule has 0 spiro atoms. The molecule has 4 aromatic rings. The second-order valence-electron chi connectivity index (χ2n) is 9.14. The summed E-state index contributed by atoms with van der Waals surface area (Å²) in [6, 6.07) is 41.0. The van der Waals surface area contributed by atoms with Crippen LogP contribution in [0.2, 0.25) is 0 Å². The van der Waals surface area contributed by atoms with Crippen molar-refractivity contribution >= 4 is 5.71 Å². The molecule has 0 fully saturated rings. The maximum Gasteiger partial charge on any atom is 0.144 e. The van der Waals surface area contributed by atoms with Gasteiger partial charge in [-0.2, -0.15) is 0 Å². The van der Waals surface area contributed by atoms with Crippen LogP contribution in [0.3, 0.4) is 0 Å². The molecule has 0 aliphatic carbocycles. The summed E-state index contributed by atoms with van der Waals surface area (Å²) in [5.41, 5.74) is 3.76. The highest BCUT2D eigenvalue weighted by Crippen LogP contribution is 2.42. The number of benzene rings is 4. The molecule has 0 bridgehead atoms. The number of hydrogen-bond acceptors (Lipinski definition) is 3. The molecule has 0 radical (unpaired) electrons. The van der Waals surface area contributed by atoms with E-state index in [1.807, 2.05) is 60.7 Å². The third-order valence-corrected chi connectivity index (χ3v) is 6.61. The van der Waals surface area contributed by atoms with Crippen LogP contribution >= 0.6 is 0 Å². The van der Waals surface area contributed by atoms with E-state index in [1.165, 1.54) is 0 Å². The third kappa shape index (κ3) is 6.44. The minimum atomic E-state index is -0.811. The molecule has 1 unspecified atom stereocenters. The van der Waals surface area contributed by atoms with Gasteiger partial charge in [0.25, 0.3) is 0 Å². The van der Waals surface area contributed by atoms with Gasteiger partial charge in [0.05, 0.1) is 6.10 Å². The molecule has 3 nitrogen and oxygen atoms in total. The fourth-order valence-electron chi connectivity index (χ4n) is 4.73. The standard InChI is InChI=1S/C34H35NO2/c1-2-3-8-25-32(26-27-33(35-36)28-17-9-4-10-18-28)37-34(29-19-11-5-12-20-29,30-21-13-6-14-22-30)31-23-15-7-16-24-31/h4-7,9-24,26-27,32,36H,2-3,8,25H2,1H3/b27-26+,35-33-. The van der Waals surface area contributed by atoms with Crippen molar-refractivity contribution < 1.29 is 9.94 Å². The molecule has 188 valence electrons. The van der Waals surface area contributed by atoms with Gasteiger partial charge in [0.1, 0.15) is 11.3 Å². The monoisotopic (exact) mass is 489 g/mol. The minimum absolute atomic E-state index is 0.215. The lowest BCUT2D eigenvalue weighted by Gasteiger charge is -2.38. The van der Waals surface area contributed by atoms with Crippen LogP contribution in [0.4, 0.5) is 0 Å². The van der Waals surface area contributed by atoms with Crippen LogP contribution in [0.5, 0.6) is 0 Å². The lowest BCUT2D eigenvalue weighted by atomic mass is 9.79. The lowest BCUT2D eigenvalue weighted by molar-refractivity contribution is -0.0285. The van der Waals surface area contributed by atoms with Crippen molar-refractivity contribution in [3.63, 3.8) is 0 Å². The first-order chi connectivity index (χ1) is 18.3. The molecule has 1 atom stereocenters. The minimum Gasteiger partial charge on any atom is -0.410 e. The number of allylic oxidation sites excluding steroid dienone is 1.